The van der Waals surface area contributed by atoms with Gasteiger partial charge < -0.3 is 30.2 Å². The van der Waals surface area contributed by atoms with Crippen LogP contribution < -0.4 is 26.0 Å². The monoisotopic (exact) mass is 528 g/mol. The molecule has 3 saturated heterocycles. The quantitative estimate of drug-likeness (QED) is 0.511. The highest BCUT2D eigenvalue weighted by atomic mass is 16.5. The van der Waals surface area contributed by atoms with Crippen molar-refractivity contribution < 1.29 is 4.74 Å². The summed E-state index contributed by atoms with van der Waals surface area (Å²) in [5.74, 6) is 0.995. The molecule has 3 aliphatic heterocycles. The molecule has 5 heterocycles. The van der Waals surface area contributed by atoms with Crippen molar-refractivity contribution in [1.29, 1.82) is 5.26 Å². The Kier molecular flexibility index (Phi) is 6.67. The number of pyridine rings is 2. The first-order chi connectivity index (χ1) is 18.8. The van der Waals surface area contributed by atoms with E-state index in [9.17, 15) is 10.1 Å². The van der Waals surface area contributed by atoms with Gasteiger partial charge in [-0.15, -0.1) is 0 Å². The summed E-state index contributed by atoms with van der Waals surface area (Å²) in [5.41, 5.74) is 9.09. The third kappa shape index (κ3) is 5.30. The molecular weight excluding hydrogens is 492 g/mol. The Morgan fingerprint density at radius 1 is 1.08 bits per heavy atom. The highest BCUT2D eigenvalue weighted by molar-refractivity contribution is 5.95. The minimum atomic E-state index is -0.203. The standard InChI is InChI=1S/C29H36N8O2/c1-20-15-36(25-6-3-21(13-30)28-24(25)5-8-27(38)33-28)17-23(39-20)16-34-9-11-35(12-10-34)22-4-7-26(32-14-22)37-18-29(2,31)19-37/h3-8,14,20,23H,9-12,15-19,31H2,1-2H3,(H,33,38). The molecule has 2 aromatic heterocycles. The molecule has 3 fully saturated rings. The van der Waals surface area contributed by atoms with Gasteiger partial charge in [0.2, 0.25) is 5.56 Å². The van der Waals surface area contributed by atoms with Crippen LogP contribution in [0, 0.1) is 11.3 Å². The van der Waals surface area contributed by atoms with Crippen molar-refractivity contribution in [1.82, 2.24) is 14.9 Å². The Bertz CT molecular complexity index is 1430. The highest BCUT2D eigenvalue weighted by Gasteiger charge is 2.35. The van der Waals surface area contributed by atoms with E-state index in [2.05, 4.69) is 61.6 Å². The number of fused-ring (bicyclic) bond motifs is 1. The maximum Gasteiger partial charge on any atom is 0.248 e. The van der Waals surface area contributed by atoms with E-state index in [4.69, 9.17) is 10.5 Å². The molecule has 0 amide bonds. The molecule has 3 aliphatic rings. The third-order valence-corrected chi connectivity index (χ3v) is 8.02. The second-order valence-corrected chi connectivity index (χ2v) is 11.5. The number of rotatable bonds is 5. The fraction of sp³-hybridized carbons (Fsp3) is 0.483. The van der Waals surface area contributed by atoms with Crippen LogP contribution in [0.1, 0.15) is 19.4 Å². The van der Waals surface area contributed by atoms with Crippen molar-refractivity contribution in [2.75, 3.05) is 73.6 Å². The summed E-state index contributed by atoms with van der Waals surface area (Å²) >= 11 is 0. The molecule has 0 radical (unpaired) electrons. The predicted octanol–water partition coefficient (Wildman–Crippen LogP) is 1.75. The predicted molar refractivity (Wildman–Crippen MR) is 154 cm³/mol. The van der Waals surface area contributed by atoms with Gasteiger partial charge in [0.05, 0.1) is 35.2 Å². The first-order valence-electron chi connectivity index (χ1n) is 13.7. The van der Waals surface area contributed by atoms with Crippen LogP contribution in [0.15, 0.2) is 47.4 Å². The number of hydrogen-bond acceptors (Lipinski definition) is 9. The average molecular weight is 529 g/mol. The maximum absolute atomic E-state index is 11.9. The van der Waals surface area contributed by atoms with Gasteiger partial charge >= 0.3 is 0 Å². The van der Waals surface area contributed by atoms with E-state index in [1.807, 2.05) is 18.3 Å². The minimum Gasteiger partial charge on any atom is -0.370 e. The van der Waals surface area contributed by atoms with Crippen LogP contribution in [0.2, 0.25) is 0 Å². The summed E-state index contributed by atoms with van der Waals surface area (Å²) in [6, 6.07) is 13.6. The molecule has 3 N–H and O–H groups in total. The molecule has 2 unspecified atom stereocenters. The van der Waals surface area contributed by atoms with Crippen molar-refractivity contribution in [2.45, 2.75) is 31.6 Å². The number of nitrogens with two attached hydrogens (primary N) is 1. The lowest BCUT2D eigenvalue weighted by Crippen LogP contribution is -2.65. The van der Waals surface area contributed by atoms with Gasteiger partial charge in [0.1, 0.15) is 11.9 Å². The summed E-state index contributed by atoms with van der Waals surface area (Å²) < 4.78 is 6.36. The van der Waals surface area contributed by atoms with E-state index < -0.39 is 0 Å². The number of piperazine rings is 1. The number of H-pyrrole nitrogens is 1. The summed E-state index contributed by atoms with van der Waals surface area (Å²) in [6.07, 6.45) is 2.13. The fourth-order valence-corrected chi connectivity index (χ4v) is 6.16. The Morgan fingerprint density at radius 2 is 1.87 bits per heavy atom. The average Bonchev–Trinajstić information content (AvgIpc) is 2.91. The molecule has 2 atom stereocenters. The molecule has 0 bridgehead atoms. The third-order valence-electron chi connectivity index (χ3n) is 8.02. The molecule has 0 spiro atoms. The summed E-state index contributed by atoms with van der Waals surface area (Å²) in [5, 5.41) is 10.4. The minimum absolute atomic E-state index is 0.0689. The summed E-state index contributed by atoms with van der Waals surface area (Å²) in [7, 11) is 0. The first kappa shape index (κ1) is 25.6. The molecule has 10 nitrogen and oxygen atoms in total. The summed E-state index contributed by atoms with van der Waals surface area (Å²) in [4.78, 5) is 28.9. The normalized spacial score (nSPS) is 23.5. The number of ether oxygens (including phenoxy) is 1. The lowest BCUT2D eigenvalue weighted by atomic mass is 9.94. The SMILES string of the molecule is CC1CN(c2ccc(C#N)c3[nH]c(=O)ccc23)CC(CN2CCN(c3ccc(N4CC(C)(N)C4)nc3)CC2)O1. The van der Waals surface area contributed by atoms with Crippen LogP contribution in [-0.4, -0.2) is 91.5 Å². The number of morpholine rings is 1. The van der Waals surface area contributed by atoms with E-state index in [1.165, 1.54) is 6.07 Å². The summed E-state index contributed by atoms with van der Waals surface area (Å²) in [6.45, 7) is 12.1. The maximum atomic E-state index is 11.9. The largest absolute Gasteiger partial charge is 0.370 e. The molecule has 10 heteroatoms. The van der Waals surface area contributed by atoms with Gasteiger partial charge in [0.25, 0.3) is 0 Å². The van der Waals surface area contributed by atoms with Crippen LogP contribution in [0.4, 0.5) is 17.2 Å². The molecule has 0 saturated carbocycles. The van der Waals surface area contributed by atoms with Crippen LogP contribution in [0.3, 0.4) is 0 Å². The number of aromatic amines is 1. The Labute approximate surface area is 228 Å². The Morgan fingerprint density at radius 3 is 2.56 bits per heavy atom. The molecule has 3 aromatic rings. The van der Waals surface area contributed by atoms with Gasteiger partial charge in [-0.2, -0.15) is 5.26 Å². The molecule has 1 aromatic carbocycles. The number of nitrogens with zero attached hydrogens (tertiary/aromatic N) is 6. The molecule has 39 heavy (non-hydrogen) atoms. The zero-order chi connectivity index (χ0) is 27.1. The van der Waals surface area contributed by atoms with E-state index >= 15 is 0 Å². The van der Waals surface area contributed by atoms with Crippen molar-refractivity contribution in [2.24, 2.45) is 5.73 Å². The van der Waals surface area contributed by atoms with Crippen LogP contribution in [-0.2, 0) is 4.74 Å². The van der Waals surface area contributed by atoms with E-state index in [0.717, 1.165) is 81.5 Å². The van der Waals surface area contributed by atoms with Gasteiger partial charge in [-0.1, -0.05) is 0 Å². The number of hydrogen-bond donors (Lipinski definition) is 2. The van der Waals surface area contributed by atoms with E-state index in [0.29, 0.717) is 11.1 Å². The zero-order valence-electron chi connectivity index (χ0n) is 22.6. The first-order valence-corrected chi connectivity index (χ1v) is 13.7. The van der Waals surface area contributed by atoms with Crippen molar-refractivity contribution in [3.63, 3.8) is 0 Å². The number of nitrogens with one attached hydrogen (secondary N) is 1. The number of benzene rings is 1. The fourth-order valence-electron chi connectivity index (χ4n) is 6.16. The van der Waals surface area contributed by atoms with Crippen LogP contribution in [0.5, 0.6) is 0 Å². The lowest BCUT2D eigenvalue weighted by molar-refractivity contribution is -0.0327. The Balaban J connectivity index is 1.07. The van der Waals surface area contributed by atoms with Gasteiger partial charge in [0.15, 0.2) is 0 Å². The number of aromatic nitrogens is 2. The highest BCUT2D eigenvalue weighted by Crippen LogP contribution is 2.30. The van der Waals surface area contributed by atoms with E-state index in [1.54, 1.807) is 6.07 Å². The second-order valence-electron chi connectivity index (χ2n) is 11.5. The van der Waals surface area contributed by atoms with Crippen molar-refractivity contribution >= 4 is 28.1 Å². The van der Waals surface area contributed by atoms with Gasteiger partial charge in [-0.05, 0) is 44.2 Å². The van der Waals surface area contributed by atoms with Gasteiger partial charge in [-0.3, -0.25) is 9.69 Å². The van der Waals surface area contributed by atoms with Gasteiger partial charge in [0, 0.05) is 81.6 Å². The number of anilines is 3. The van der Waals surface area contributed by atoms with Crippen LogP contribution >= 0.6 is 0 Å². The molecule has 6 rings (SSSR count). The lowest BCUT2D eigenvalue weighted by Gasteiger charge is -2.46. The van der Waals surface area contributed by atoms with Crippen molar-refractivity contribution in [3.8, 4) is 6.07 Å². The topological polar surface area (TPSA) is 118 Å². The molecule has 0 aliphatic carbocycles. The second kappa shape index (κ2) is 10.2. The molecule has 204 valence electrons. The Hall–Kier alpha value is -3.65. The zero-order valence-corrected chi connectivity index (χ0v) is 22.6. The smallest absolute Gasteiger partial charge is 0.248 e. The van der Waals surface area contributed by atoms with Crippen molar-refractivity contribution in [3.05, 3.63) is 58.5 Å². The van der Waals surface area contributed by atoms with Gasteiger partial charge in [-0.25, -0.2) is 4.98 Å². The molecular formula is C29H36N8O2. The van der Waals surface area contributed by atoms with Crippen LogP contribution in [0.25, 0.3) is 10.9 Å². The number of nitriles is 1. The van der Waals surface area contributed by atoms with E-state index in [-0.39, 0.29) is 23.3 Å².